The molecule has 0 heterocycles. The number of rotatable bonds is 5. The van der Waals surface area contributed by atoms with Gasteiger partial charge in [-0.1, -0.05) is 17.7 Å². The van der Waals surface area contributed by atoms with Gasteiger partial charge in [0.1, 0.15) is 5.75 Å². The van der Waals surface area contributed by atoms with Crippen LogP contribution in [0.4, 0.5) is 8.78 Å². The molecular weight excluding hydrogens is 224 g/mol. The van der Waals surface area contributed by atoms with Gasteiger partial charge in [0.2, 0.25) is 0 Å². The number of hydrogen-bond acceptors (Lipinski definition) is 2. The third-order valence-electron chi connectivity index (χ3n) is 1.84. The lowest BCUT2D eigenvalue weighted by atomic mass is 10.2. The van der Waals surface area contributed by atoms with Gasteiger partial charge in [0, 0.05) is 6.54 Å². The van der Waals surface area contributed by atoms with E-state index >= 15 is 0 Å². The molecule has 0 aliphatic carbocycles. The van der Waals surface area contributed by atoms with Crippen molar-refractivity contribution in [1.29, 1.82) is 0 Å². The Hall–Kier alpha value is -0.870. The summed E-state index contributed by atoms with van der Waals surface area (Å²) in [5.41, 5.74) is 0.849. The molecule has 2 nitrogen and oxygen atoms in total. The Labute approximate surface area is 92.2 Å². The van der Waals surface area contributed by atoms with Crippen molar-refractivity contribution in [1.82, 2.24) is 5.32 Å². The molecule has 0 bridgehead atoms. The SMILES string of the molecule is COc1ccc(CNCC(F)F)cc1Cl. The zero-order valence-corrected chi connectivity index (χ0v) is 9.02. The first-order chi connectivity index (χ1) is 7.13. The molecule has 1 aromatic carbocycles. The van der Waals surface area contributed by atoms with E-state index in [1.54, 1.807) is 18.2 Å². The molecule has 1 aromatic rings. The van der Waals surface area contributed by atoms with E-state index in [0.717, 1.165) is 5.56 Å². The first kappa shape index (κ1) is 12.2. The summed E-state index contributed by atoms with van der Waals surface area (Å²) in [5, 5.41) is 3.10. The third-order valence-corrected chi connectivity index (χ3v) is 2.14. The standard InChI is InChI=1S/C10H12ClF2NO/c1-15-9-3-2-7(4-8(9)11)5-14-6-10(12)13/h2-4,10,14H,5-6H2,1H3. The normalized spacial score (nSPS) is 10.7. The van der Waals surface area contributed by atoms with Crippen LogP contribution in [-0.2, 0) is 6.54 Å². The van der Waals surface area contributed by atoms with Gasteiger partial charge in [0.05, 0.1) is 18.7 Å². The van der Waals surface area contributed by atoms with E-state index in [0.29, 0.717) is 17.3 Å². The van der Waals surface area contributed by atoms with Crippen molar-refractivity contribution in [2.75, 3.05) is 13.7 Å². The van der Waals surface area contributed by atoms with Crippen LogP contribution in [0, 0.1) is 0 Å². The first-order valence-electron chi connectivity index (χ1n) is 4.44. The van der Waals surface area contributed by atoms with E-state index in [4.69, 9.17) is 16.3 Å². The van der Waals surface area contributed by atoms with E-state index in [1.807, 2.05) is 0 Å². The van der Waals surface area contributed by atoms with Gasteiger partial charge >= 0.3 is 0 Å². The summed E-state index contributed by atoms with van der Waals surface area (Å²) in [6, 6.07) is 5.18. The molecular formula is C10H12ClF2NO. The summed E-state index contributed by atoms with van der Waals surface area (Å²) in [6.07, 6.45) is -2.33. The lowest BCUT2D eigenvalue weighted by Gasteiger charge is -2.07. The second-order valence-electron chi connectivity index (χ2n) is 2.99. The molecule has 0 spiro atoms. The van der Waals surface area contributed by atoms with Crippen molar-refractivity contribution in [3.05, 3.63) is 28.8 Å². The fraction of sp³-hybridized carbons (Fsp3) is 0.400. The molecule has 1 N–H and O–H groups in total. The van der Waals surface area contributed by atoms with Crippen LogP contribution in [0.25, 0.3) is 0 Å². The Balaban J connectivity index is 2.52. The highest BCUT2D eigenvalue weighted by Gasteiger charge is 2.03. The van der Waals surface area contributed by atoms with Crippen molar-refractivity contribution in [3.8, 4) is 5.75 Å². The minimum atomic E-state index is -2.33. The molecule has 0 aromatic heterocycles. The summed E-state index contributed by atoms with van der Waals surface area (Å²) in [5.74, 6) is 0.578. The van der Waals surface area contributed by atoms with Gasteiger partial charge < -0.3 is 10.1 Å². The highest BCUT2D eigenvalue weighted by atomic mass is 35.5. The van der Waals surface area contributed by atoms with Crippen LogP contribution < -0.4 is 10.1 Å². The topological polar surface area (TPSA) is 21.3 Å². The molecule has 15 heavy (non-hydrogen) atoms. The maximum absolute atomic E-state index is 11.8. The van der Waals surface area contributed by atoms with Gasteiger partial charge in [-0.05, 0) is 17.7 Å². The lowest BCUT2D eigenvalue weighted by molar-refractivity contribution is 0.145. The number of nitrogens with one attached hydrogen (secondary N) is 1. The lowest BCUT2D eigenvalue weighted by Crippen LogP contribution is -2.20. The Morgan fingerprint density at radius 1 is 1.47 bits per heavy atom. The highest BCUT2D eigenvalue weighted by molar-refractivity contribution is 6.32. The monoisotopic (exact) mass is 235 g/mol. The van der Waals surface area contributed by atoms with E-state index < -0.39 is 6.43 Å². The second kappa shape index (κ2) is 5.88. The van der Waals surface area contributed by atoms with Crippen molar-refractivity contribution >= 4 is 11.6 Å². The van der Waals surface area contributed by atoms with Crippen LogP contribution in [0.15, 0.2) is 18.2 Å². The largest absolute Gasteiger partial charge is 0.495 e. The van der Waals surface area contributed by atoms with Gasteiger partial charge in [-0.3, -0.25) is 0 Å². The van der Waals surface area contributed by atoms with Crippen LogP contribution in [0.1, 0.15) is 5.56 Å². The minimum absolute atomic E-state index is 0.316. The van der Waals surface area contributed by atoms with Gasteiger partial charge in [0.25, 0.3) is 6.43 Å². The minimum Gasteiger partial charge on any atom is -0.495 e. The summed E-state index contributed by atoms with van der Waals surface area (Å²) in [4.78, 5) is 0. The fourth-order valence-corrected chi connectivity index (χ4v) is 1.43. The van der Waals surface area contributed by atoms with Gasteiger partial charge in [-0.25, -0.2) is 8.78 Å². The molecule has 0 saturated heterocycles. The molecule has 0 fully saturated rings. The Morgan fingerprint density at radius 2 is 2.20 bits per heavy atom. The Bertz CT molecular complexity index is 320. The zero-order valence-electron chi connectivity index (χ0n) is 8.27. The van der Waals surface area contributed by atoms with E-state index in [2.05, 4.69) is 5.32 Å². The number of methoxy groups -OCH3 is 1. The van der Waals surface area contributed by atoms with Crippen molar-refractivity contribution < 1.29 is 13.5 Å². The smallest absolute Gasteiger partial charge is 0.250 e. The molecule has 0 aliphatic rings. The fourth-order valence-electron chi connectivity index (χ4n) is 1.15. The van der Waals surface area contributed by atoms with Crippen molar-refractivity contribution in [3.63, 3.8) is 0 Å². The Morgan fingerprint density at radius 3 is 2.73 bits per heavy atom. The highest BCUT2D eigenvalue weighted by Crippen LogP contribution is 2.24. The van der Waals surface area contributed by atoms with Gasteiger partial charge in [-0.2, -0.15) is 0 Å². The Kier molecular flexibility index (Phi) is 4.78. The molecule has 0 unspecified atom stereocenters. The number of alkyl halides is 2. The van der Waals surface area contributed by atoms with E-state index in [1.165, 1.54) is 7.11 Å². The average molecular weight is 236 g/mol. The average Bonchev–Trinajstić information content (AvgIpc) is 2.17. The number of ether oxygens (including phenoxy) is 1. The maximum atomic E-state index is 11.8. The zero-order chi connectivity index (χ0) is 11.3. The molecule has 1 rings (SSSR count). The summed E-state index contributed by atoms with van der Waals surface area (Å²) in [7, 11) is 1.52. The molecule has 0 atom stereocenters. The van der Waals surface area contributed by atoms with E-state index in [9.17, 15) is 8.78 Å². The number of halogens is 3. The van der Waals surface area contributed by atoms with Crippen LogP contribution in [0.3, 0.4) is 0 Å². The summed E-state index contributed by atoms with van der Waals surface area (Å²) < 4.78 is 28.6. The summed E-state index contributed by atoms with van der Waals surface area (Å²) >= 11 is 5.87. The molecule has 0 saturated carbocycles. The van der Waals surface area contributed by atoms with Crippen molar-refractivity contribution in [2.45, 2.75) is 13.0 Å². The van der Waals surface area contributed by atoms with Gasteiger partial charge in [-0.15, -0.1) is 0 Å². The van der Waals surface area contributed by atoms with Gasteiger partial charge in [0.15, 0.2) is 0 Å². The van der Waals surface area contributed by atoms with Crippen LogP contribution >= 0.6 is 11.6 Å². The molecule has 0 radical (unpaired) electrons. The molecule has 5 heteroatoms. The van der Waals surface area contributed by atoms with Crippen LogP contribution in [0.2, 0.25) is 5.02 Å². The maximum Gasteiger partial charge on any atom is 0.250 e. The predicted octanol–water partition coefficient (Wildman–Crippen LogP) is 2.70. The molecule has 84 valence electrons. The number of benzene rings is 1. The molecule has 0 amide bonds. The number of hydrogen-bond donors (Lipinski definition) is 1. The molecule has 0 aliphatic heterocycles. The third kappa shape index (κ3) is 4.01. The summed E-state index contributed by atoms with van der Waals surface area (Å²) in [6.45, 7) is 0.0533. The van der Waals surface area contributed by atoms with Crippen LogP contribution in [-0.4, -0.2) is 20.1 Å². The predicted molar refractivity (Wildman–Crippen MR) is 55.7 cm³/mol. The second-order valence-corrected chi connectivity index (χ2v) is 3.40. The first-order valence-corrected chi connectivity index (χ1v) is 4.82. The van der Waals surface area contributed by atoms with E-state index in [-0.39, 0.29) is 6.54 Å². The van der Waals surface area contributed by atoms with Crippen molar-refractivity contribution in [2.24, 2.45) is 0 Å². The quantitative estimate of drug-likeness (QED) is 0.847. The van der Waals surface area contributed by atoms with Crippen LogP contribution in [0.5, 0.6) is 5.75 Å².